The third kappa shape index (κ3) is 9.56. The Morgan fingerprint density at radius 2 is 1.57 bits per heavy atom. The van der Waals surface area contributed by atoms with Crippen molar-refractivity contribution in [3.63, 3.8) is 0 Å². The smallest absolute Gasteiger partial charge is 0.330 e. The van der Waals surface area contributed by atoms with Crippen LogP contribution >= 0.6 is 0 Å². The van der Waals surface area contributed by atoms with Crippen LogP contribution in [0.3, 0.4) is 0 Å². The molecular formula is C11H17LiN2. The minimum Gasteiger partial charge on any atom is -0.330 e. The van der Waals surface area contributed by atoms with Crippen LogP contribution < -0.4 is 30.3 Å². The van der Waals surface area contributed by atoms with Crippen molar-refractivity contribution in [2.75, 3.05) is 13.1 Å². The molecule has 2 nitrogen and oxygen atoms in total. The van der Waals surface area contributed by atoms with Gasteiger partial charge in [0.25, 0.3) is 0 Å². The first-order chi connectivity index (χ1) is 6.35. The van der Waals surface area contributed by atoms with Gasteiger partial charge < -0.3 is 11.5 Å². The van der Waals surface area contributed by atoms with Gasteiger partial charge in [-0.2, -0.15) is 5.56 Å². The molecule has 0 unspecified atom stereocenters. The van der Waals surface area contributed by atoms with Gasteiger partial charge in [-0.1, -0.05) is 18.2 Å². The molecular weight excluding hydrogens is 167 g/mol. The van der Waals surface area contributed by atoms with Gasteiger partial charge >= 0.3 is 18.9 Å². The molecule has 72 valence electrons. The predicted molar refractivity (Wildman–Crippen MR) is 57.9 cm³/mol. The number of hydrogen-bond donors (Lipinski definition) is 2. The van der Waals surface area contributed by atoms with E-state index in [1.165, 1.54) is 0 Å². The molecule has 0 saturated carbocycles. The van der Waals surface area contributed by atoms with Gasteiger partial charge in [0.15, 0.2) is 0 Å². The van der Waals surface area contributed by atoms with E-state index in [9.17, 15) is 0 Å². The van der Waals surface area contributed by atoms with E-state index < -0.39 is 0 Å². The van der Waals surface area contributed by atoms with E-state index in [-0.39, 0.29) is 18.9 Å². The number of rotatable bonds is 3. The molecule has 0 radical (unpaired) electrons. The van der Waals surface area contributed by atoms with E-state index in [2.05, 4.69) is 0 Å². The van der Waals surface area contributed by atoms with Gasteiger partial charge in [0.2, 0.25) is 0 Å². The molecule has 0 aliphatic rings. The molecule has 0 atom stereocenters. The van der Waals surface area contributed by atoms with Gasteiger partial charge in [-0.3, -0.25) is 6.58 Å². The molecule has 0 aliphatic carbocycles. The van der Waals surface area contributed by atoms with E-state index >= 15 is 0 Å². The van der Waals surface area contributed by atoms with Crippen LogP contribution in [0.4, 0.5) is 0 Å². The Bertz CT molecular complexity index is 210. The summed E-state index contributed by atoms with van der Waals surface area (Å²) in [6.45, 7) is 6.66. The molecule has 0 amide bonds. The zero-order valence-corrected chi connectivity index (χ0v) is 8.82. The Morgan fingerprint density at radius 1 is 1.07 bits per heavy atom. The van der Waals surface area contributed by atoms with E-state index in [4.69, 9.17) is 18.0 Å². The Labute approximate surface area is 98.5 Å². The first-order valence-electron chi connectivity index (χ1n) is 4.35. The summed E-state index contributed by atoms with van der Waals surface area (Å²) in [6.07, 6.45) is 2.53. The maximum atomic E-state index is 5.22. The summed E-state index contributed by atoms with van der Waals surface area (Å²) < 4.78 is 0. The third-order valence-corrected chi connectivity index (χ3v) is 1.40. The molecule has 3 heteroatoms. The molecule has 1 aromatic rings. The molecule has 0 aliphatic heterocycles. The quantitative estimate of drug-likeness (QED) is 0.440. The van der Waals surface area contributed by atoms with Crippen LogP contribution in [-0.4, -0.2) is 13.1 Å². The van der Waals surface area contributed by atoms with Crippen LogP contribution in [0, 0.1) is 6.58 Å². The van der Waals surface area contributed by atoms with Crippen molar-refractivity contribution in [2.24, 2.45) is 11.5 Å². The van der Waals surface area contributed by atoms with Crippen molar-refractivity contribution in [2.45, 2.75) is 6.42 Å². The fourth-order valence-electron chi connectivity index (χ4n) is 0.682. The van der Waals surface area contributed by atoms with Crippen LogP contribution in [0.2, 0.25) is 0 Å². The SMILES string of the molecule is NCCCN.[CH-]=Cc1ccccc1.[Li+]. The van der Waals surface area contributed by atoms with Gasteiger partial charge in [0.1, 0.15) is 0 Å². The zero-order chi connectivity index (χ0) is 9.94. The molecule has 4 N–H and O–H groups in total. The van der Waals surface area contributed by atoms with Crippen molar-refractivity contribution in [1.29, 1.82) is 0 Å². The van der Waals surface area contributed by atoms with Crippen molar-refractivity contribution < 1.29 is 18.9 Å². The van der Waals surface area contributed by atoms with Gasteiger partial charge in [-0.15, -0.1) is 12.1 Å². The Kier molecular flexibility index (Phi) is 14.2. The number of benzene rings is 1. The molecule has 0 spiro atoms. The summed E-state index contributed by atoms with van der Waals surface area (Å²) in [5, 5.41) is 0. The molecule has 0 aromatic heterocycles. The second-order valence-electron chi connectivity index (χ2n) is 2.51. The van der Waals surface area contributed by atoms with Crippen molar-refractivity contribution in [3.05, 3.63) is 42.5 Å². The standard InChI is InChI=1S/C8H7.C3H10N2.Li/c1-2-8-6-4-3-5-7-8;4-2-1-3-5;/h1-7H;1-5H2;/q-1;;+1. The molecule has 0 heterocycles. The average molecular weight is 184 g/mol. The Balaban J connectivity index is 0. The topological polar surface area (TPSA) is 52.0 Å². The molecule has 14 heavy (non-hydrogen) atoms. The number of nitrogens with two attached hydrogens (primary N) is 2. The third-order valence-electron chi connectivity index (χ3n) is 1.40. The molecule has 0 bridgehead atoms. The first kappa shape index (κ1) is 15.9. The predicted octanol–water partition coefficient (Wildman–Crippen LogP) is -1.57. The molecule has 0 saturated heterocycles. The van der Waals surface area contributed by atoms with E-state index in [1.54, 1.807) is 6.08 Å². The summed E-state index contributed by atoms with van der Waals surface area (Å²) in [5.41, 5.74) is 11.2. The van der Waals surface area contributed by atoms with Crippen LogP contribution in [-0.2, 0) is 0 Å². The molecule has 1 rings (SSSR count). The number of hydrogen-bond acceptors (Lipinski definition) is 2. The van der Waals surface area contributed by atoms with Crippen molar-refractivity contribution >= 4 is 6.08 Å². The van der Waals surface area contributed by atoms with E-state index in [0.29, 0.717) is 0 Å². The molecule has 0 fully saturated rings. The van der Waals surface area contributed by atoms with Crippen LogP contribution in [0.15, 0.2) is 30.3 Å². The summed E-state index contributed by atoms with van der Waals surface area (Å²) in [4.78, 5) is 0. The van der Waals surface area contributed by atoms with Gasteiger partial charge in [0, 0.05) is 0 Å². The largest absolute Gasteiger partial charge is 1.00 e. The summed E-state index contributed by atoms with van der Waals surface area (Å²) in [6, 6.07) is 9.80. The first-order valence-corrected chi connectivity index (χ1v) is 4.35. The minimum atomic E-state index is 0. The van der Waals surface area contributed by atoms with Gasteiger partial charge in [0.05, 0.1) is 0 Å². The normalized spacial score (nSPS) is 7.86. The monoisotopic (exact) mass is 184 g/mol. The maximum Gasteiger partial charge on any atom is 1.00 e. The van der Waals surface area contributed by atoms with E-state index in [1.807, 2.05) is 30.3 Å². The van der Waals surface area contributed by atoms with E-state index in [0.717, 1.165) is 25.1 Å². The average Bonchev–Trinajstić information content (AvgIpc) is 2.21. The summed E-state index contributed by atoms with van der Waals surface area (Å²) in [5.74, 6) is 0. The van der Waals surface area contributed by atoms with Crippen LogP contribution in [0.1, 0.15) is 12.0 Å². The summed E-state index contributed by atoms with van der Waals surface area (Å²) in [7, 11) is 0. The molecule has 1 aromatic carbocycles. The van der Waals surface area contributed by atoms with Gasteiger partial charge in [-0.25, -0.2) is 6.08 Å². The second-order valence-corrected chi connectivity index (χ2v) is 2.51. The minimum absolute atomic E-state index is 0. The van der Waals surface area contributed by atoms with Crippen LogP contribution in [0.5, 0.6) is 0 Å². The Hall–Kier alpha value is -0.523. The van der Waals surface area contributed by atoms with Crippen molar-refractivity contribution in [1.82, 2.24) is 0 Å². The zero-order valence-electron chi connectivity index (χ0n) is 8.82. The summed E-state index contributed by atoms with van der Waals surface area (Å²) >= 11 is 0. The maximum absolute atomic E-state index is 5.22. The fraction of sp³-hybridized carbons (Fsp3) is 0.273. The second kappa shape index (κ2) is 12.5. The van der Waals surface area contributed by atoms with Crippen LogP contribution in [0.25, 0.3) is 6.08 Å². The Morgan fingerprint density at radius 3 is 1.79 bits per heavy atom. The van der Waals surface area contributed by atoms with Crippen molar-refractivity contribution in [3.8, 4) is 0 Å². The van der Waals surface area contributed by atoms with Gasteiger partial charge in [-0.05, 0) is 19.5 Å². The fourth-order valence-corrected chi connectivity index (χ4v) is 0.682.